The summed E-state index contributed by atoms with van der Waals surface area (Å²) in [5.41, 5.74) is 2.42. The smallest absolute Gasteiger partial charge is 0.573 e. The zero-order valence-corrected chi connectivity index (χ0v) is 34.1. The molecule has 55 heavy (non-hydrogen) atoms. The van der Waals surface area contributed by atoms with Gasteiger partial charge in [-0.1, -0.05) is 101 Å². The van der Waals surface area contributed by atoms with Crippen molar-refractivity contribution in [1.29, 1.82) is 0 Å². The molecular formula is C40H34Cl2F6N6Pt. The maximum atomic E-state index is 13.6. The number of pyridine rings is 2. The van der Waals surface area contributed by atoms with Crippen molar-refractivity contribution >= 4 is 23.2 Å². The number of fused-ring (bicyclic) bond motifs is 3. The Labute approximate surface area is 338 Å². The molecule has 15 heteroatoms. The van der Waals surface area contributed by atoms with Gasteiger partial charge >= 0.3 is 33.4 Å². The Morgan fingerprint density at radius 1 is 0.564 bits per heavy atom. The van der Waals surface area contributed by atoms with Gasteiger partial charge in [-0.05, 0) is 80.6 Å². The molecule has 7 rings (SSSR count). The van der Waals surface area contributed by atoms with E-state index in [1.807, 2.05) is 0 Å². The van der Waals surface area contributed by atoms with Gasteiger partial charge in [0.25, 0.3) is 0 Å². The van der Waals surface area contributed by atoms with Gasteiger partial charge in [0, 0.05) is 11.4 Å². The van der Waals surface area contributed by atoms with Crippen LogP contribution in [0.2, 0.25) is 0 Å². The Balaban J connectivity index is 0.00000141. The fraction of sp³-hybridized carbons (Fsp3) is 0.300. The predicted octanol–water partition coefficient (Wildman–Crippen LogP) is 10.9. The van der Waals surface area contributed by atoms with Crippen LogP contribution in [0.4, 0.5) is 26.3 Å². The zero-order valence-electron chi connectivity index (χ0n) is 30.3. The normalized spacial score (nSPS) is 13.7. The van der Waals surface area contributed by atoms with Crippen molar-refractivity contribution in [2.75, 3.05) is 5.34 Å². The van der Waals surface area contributed by atoms with Crippen LogP contribution in [0, 0.1) is 0 Å². The van der Waals surface area contributed by atoms with Gasteiger partial charge in [0.1, 0.15) is 16.8 Å². The monoisotopic (exact) mass is 977 g/mol. The van der Waals surface area contributed by atoms with Crippen LogP contribution in [0.3, 0.4) is 0 Å². The van der Waals surface area contributed by atoms with Crippen LogP contribution >= 0.6 is 23.2 Å². The number of aromatic nitrogens is 6. The Morgan fingerprint density at radius 3 is 1.24 bits per heavy atom. The van der Waals surface area contributed by atoms with E-state index in [0.29, 0.717) is 11.4 Å². The molecule has 0 bridgehead atoms. The number of hydrogen-bond acceptors (Lipinski definition) is 4. The van der Waals surface area contributed by atoms with Crippen molar-refractivity contribution in [3.8, 4) is 33.9 Å². The SMILES string of the molecule is CC(C)(C)c1ccc2c(c1)C(c1cccc(-c3cc(C(F)(F)F)n[n-]3)n1)(c1cccc(-c3cc(C(F)(F)F)n[n-]3)n1)c1cc(C(C)(C)C)ccc1-2.ClCCl.[Pt+2]. The van der Waals surface area contributed by atoms with E-state index in [-0.39, 0.29) is 60.0 Å². The molecule has 0 radical (unpaired) electrons. The van der Waals surface area contributed by atoms with Crippen LogP contribution in [0.5, 0.6) is 0 Å². The molecule has 0 N–H and O–H groups in total. The van der Waals surface area contributed by atoms with Crippen LogP contribution in [-0.2, 0) is 49.7 Å². The molecule has 0 saturated heterocycles. The molecule has 6 nitrogen and oxygen atoms in total. The number of rotatable bonds is 4. The summed E-state index contributed by atoms with van der Waals surface area (Å²) >= 11 is 9.53. The van der Waals surface area contributed by atoms with E-state index in [0.717, 1.165) is 45.5 Å². The van der Waals surface area contributed by atoms with Crippen molar-refractivity contribution < 1.29 is 47.4 Å². The molecule has 0 fully saturated rings. The summed E-state index contributed by atoms with van der Waals surface area (Å²) in [6.07, 6.45) is -9.39. The van der Waals surface area contributed by atoms with E-state index in [1.165, 1.54) is 0 Å². The minimum atomic E-state index is -4.69. The van der Waals surface area contributed by atoms with Gasteiger partial charge in [-0.3, -0.25) is 9.97 Å². The summed E-state index contributed by atoms with van der Waals surface area (Å²) in [4.78, 5) is 10.0. The summed E-state index contributed by atoms with van der Waals surface area (Å²) in [5.74, 6) is 0. The number of halogens is 8. The van der Waals surface area contributed by atoms with Crippen molar-refractivity contribution in [3.05, 3.63) is 130 Å². The van der Waals surface area contributed by atoms with Crippen molar-refractivity contribution in [2.24, 2.45) is 0 Å². The van der Waals surface area contributed by atoms with E-state index in [2.05, 4.69) is 98.3 Å². The Kier molecular flexibility index (Phi) is 11.6. The van der Waals surface area contributed by atoms with Gasteiger partial charge in [-0.2, -0.15) is 26.3 Å². The maximum Gasteiger partial charge on any atom is 2.00 e. The quantitative estimate of drug-likeness (QED) is 0.129. The van der Waals surface area contributed by atoms with Crippen LogP contribution in [0.1, 0.15) is 86.6 Å². The summed E-state index contributed by atoms with van der Waals surface area (Å²) in [5, 5.41) is 14.6. The molecule has 1 aliphatic carbocycles. The largest absolute Gasteiger partial charge is 2.00 e. The minimum Gasteiger partial charge on any atom is -0.573 e. The van der Waals surface area contributed by atoms with Crippen LogP contribution in [0.15, 0.2) is 84.9 Å². The first-order valence-corrected chi connectivity index (χ1v) is 17.8. The average molecular weight is 979 g/mol. The molecule has 2 aromatic carbocycles. The molecular weight excluding hydrogens is 944 g/mol. The first-order valence-electron chi connectivity index (χ1n) is 16.7. The first-order chi connectivity index (χ1) is 25.2. The van der Waals surface area contributed by atoms with E-state index >= 15 is 0 Å². The Hall–Kier alpha value is -3.99. The second-order valence-corrected chi connectivity index (χ2v) is 15.7. The summed E-state index contributed by atoms with van der Waals surface area (Å²) in [6, 6.07) is 24.3. The molecule has 0 amide bonds. The summed E-state index contributed by atoms with van der Waals surface area (Å²) in [7, 11) is 0. The third kappa shape index (κ3) is 8.00. The van der Waals surface area contributed by atoms with Gasteiger partial charge in [0.15, 0.2) is 0 Å². The molecule has 290 valence electrons. The molecule has 4 heterocycles. The van der Waals surface area contributed by atoms with E-state index in [1.54, 1.807) is 36.4 Å². The second kappa shape index (κ2) is 15.2. The van der Waals surface area contributed by atoms with E-state index < -0.39 is 29.2 Å². The Morgan fingerprint density at radius 2 is 0.927 bits per heavy atom. The van der Waals surface area contributed by atoms with E-state index in [4.69, 9.17) is 33.2 Å². The number of nitrogens with zero attached hydrogens (tertiary/aromatic N) is 6. The Bertz CT molecular complexity index is 2160. The van der Waals surface area contributed by atoms with Crippen LogP contribution in [0.25, 0.3) is 33.9 Å². The zero-order chi connectivity index (χ0) is 39.4. The topological polar surface area (TPSA) is 79.8 Å². The van der Waals surface area contributed by atoms with Crippen LogP contribution in [-0.4, -0.2) is 25.5 Å². The molecule has 1 aliphatic rings. The van der Waals surface area contributed by atoms with Gasteiger partial charge in [-0.15, -0.1) is 23.2 Å². The van der Waals surface area contributed by atoms with Gasteiger partial charge < -0.3 is 20.4 Å². The number of hydrogen-bond donors (Lipinski definition) is 0. The van der Waals surface area contributed by atoms with E-state index in [9.17, 15) is 26.3 Å². The van der Waals surface area contributed by atoms with Crippen molar-refractivity contribution in [1.82, 2.24) is 30.4 Å². The first kappa shape index (κ1) is 42.2. The summed E-state index contributed by atoms with van der Waals surface area (Å²) < 4.78 is 81.4. The molecule has 0 saturated carbocycles. The fourth-order valence-electron chi connectivity index (χ4n) is 6.63. The molecule has 6 aromatic rings. The van der Waals surface area contributed by atoms with Crippen molar-refractivity contribution in [2.45, 2.75) is 70.1 Å². The fourth-order valence-corrected chi connectivity index (χ4v) is 6.63. The van der Waals surface area contributed by atoms with Gasteiger partial charge in [0.05, 0.1) is 16.7 Å². The third-order valence-electron chi connectivity index (χ3n) is 9.32. The number of alkyl halides is 8. The molecule has 4 aromatic heterocycles. The molecule has 0 spiro atoms. The second-order valence-electron chi connectivity index (χ2n) is 14.9. The minimum absolute atomic E-state index is 0. The molecule has 0 aliphatic heterocycles. The van der Waals surface area contributed by atoms with Crippen LogP contribution < -0.4 is 10.2 Å². The van der Waals surface area contributed by atoms with Gasteiger partial charge in [-0.25, -0.2) is 0 Å². The summed E-state index contributed by atoms with van der Waals surface area (Å²) in [6.45, 7) is 12.5. The van der Waals surface area contributed by atoms with Gasteiger partial charge in [0.2, 0.25) is 0 Å². The third-order valence-corrected chi connectivity index (χ3v) is 9.32. The van der Waals surface area contributed by atoms with Crippen molar-refractivity contribution in [3.63, 3.8) is 0 Å². The predicted molar refractivity (Wildman–Crippen MR) is 196 cm³/mol. The maximum absolute atomic E-state index is 13.6. The molecule has 0 atom stereocenters. The molecule has 0 unspecified atom stereocenters. The standard InChI is InChI=1S/C39H32F6N6.CH2Cl2.Pt/c1-35(2,3)21-13-15-23-24-16-14-22(36(4,5)6)18-26(24)37(25(23)17-21,31-11-7-9-27(46-31)29-19-33(50-48-29)38(40,41)42)32-12-8-10-28(47-32)30-20-34(51-49-30)39(43,44)45;2-1-3;/h7-20H,1-6H3;1H2;/q-2;;+2. The average Bonchev–Trinajstić information content (AvgIpc) is 3.85. The number of benzene rings is 2.